The molecule has 0 bridgehead atoms. The molecule has 0 radical (unpaired) electrons. The standard InChI is InChI=1S/C16H12Cl4N4S/c1-25-16(23-21-8-10-2-4-12(17)6-14(10)19)24-22-9-11-3-5-13(18)7-15(11)20/h2-9H,1H3,(H,23,24)/p+1. The van der Waals surface area contributed by atoms with Crippen molar-refractivity contribution in [3.8, 4) is 0 Å². The van der Waals surface area contributed by atoms with E-state index in [2.05, 4.69) is 15.3 Å². The van der Waals surface area contributed by atoms with Gasteiger partial charge in [-0.25, -0.2) is 0 Å². The lowest BCUT2D eigenvalue weighted by atomic mass is 10.2. The maximum Gasteiger partial charge on any atom is 0.305 e. The third kappa shape index (κ3) is 6.62. The highest BCUT2D eigenvalue weighted by Crippen LogP contribution is 2.20. The molecule has 4 nitrogen and oxygen atoms in total. The van der Waals surface area contributed by atoms with Crippen molar-refractivity contribution in [2.24, 2.45) is 15.3 Å². The van der Waals surface area contributed by atoms with Crippen LogP contribution in [0.25, 0.3) is 0 Å². The van der Waals surface area contributed by atoms with Gasteiger partial charge in [0.15, 0.2) is 0 Å². The van der Waals surface area contributed by atoms with Gasteiger partial charge < -0.3 is 0 Å². The zero-order valence-corrected chi connectivity index (χ0v) is 16.8. The van der Waals surface area contributed by atoms with Crippen molar-refractivity contribution in [2.45, 2.75) is 0 Å². The molecule has 0 heterocycles. The van der Waals surface area contributed by atoms with E-state index in [-0.39, 0.29) is 0 Å². The minimum atomic E-state index is 0.511. The Morgan fingerprint density at radius 3 is 2.00 bits per heavy atom. The topological polar surface area (TPSA) is 53.7 Å². The summed E-state index contributed by atoms with van der Waals surface area (Å²) in [6.45, 7) is 0. The van der Waals surface area contributed by atoms with E-state index < -0.39 is 0 Å². The van der Waals surface area contributed by atoms with Gasteiger partial charge in [-0.05, 0) is 42.3 Å². The molecule has 2 rings (SSSR count). The van der Waals surface area contributed by atoms with E-state index in [1.165, 1.54) is 11.8 Å². The summed E-state index contributed by atoms with van der Waals surface area (Å²) in [5.74, 6) is 0. The van der Waals surface area contributed by atoms with Crippen molar-refractivity contribution in [3.05, 3.63) is 67.6 Å². The highest BCUT2D eigenvalue weighted by Gasteiger charge is 2.02. The summed E-state index contributed by atoms with van der Waals surface area (Å²) >= 11 is 25.3. The first-order chi connectivity index (χ1) is 12.0. The Labute approximate surface area is 169 Å². The molecule has 0 aromatic heterocycles. The SMILES string of the molecule is CSC(=NN=Cc1ccc(Cl)cc1Cl)[NH2+]N=Cc1ccc(Cl)cc1Cl. The van der Waals surface area contributed by atoms with Gasteiger partial charge in [-0.15, -0.1) is 0 Å². The molecule has 2 aromatic carbocycles. The van der Waals surface area contributed by atoms with Gasteiger partial charge in [0.25, 0.3) is 0 Å². The number of thioether (sulfide) groups is 1. The Kier molecular flexibility index (Phi) is 8.22. The van der Waals surface area contributed by atoms with Crippen LogP contribution in [0.3, 0.4) is 0 Å². The molecule has 9 heteroatoms. The smallest absolute Gasteiger partial charge is 0.165 e. The molecular weight excluding hydrogens is 422 g/mol. The molecule has 2 aromatic rings. The normalized spacial score (nSPS) is 12.4. The summed E-state index contributed by atoms with van der Waals surface area (Å²) in [6.07, 6.45) is 5.07. The van der Waals surface area contributed by atoms with Crippen LogP contribution in [-0.4, -0.2) is 23.9 Å². The minimum absolute atomic E-state index is 0.511. The first-order valence-corrected chi connectivity index (χ1v) is 9.65. The number of benzene rings is 2. The molecule has 0 fully saturated rings. The molecule has 0 atom stereocenters. The zero-order valence-electron chi connectivity index (χ0n) is 13.0. The van der Waals surface area contributed by atoms with Gasteiger partial charge in [0.05, 0.1) is 22.5 Å². The molecule has 0 aliphatic carbocycles. The average molecular weight is 435 g/mol. The van der Waals surface area contributed by atoms with Crippen LogP contribution in [0.5, 0.6) is 0 Å². The van der Waals surface area contributed by atoms with Crippen molar-refractivity contribution < 1.29 is 5.43 Å². The Morgan fingerprint density at radius 1 is 0.920 bits per heavy atom. The van der Waals surface area contributed by atoms with E-state index in [9.17, 15) is 0 Å². The van der Waals surface area contributed by atoms with Gasteiger partial charge in [0.1, 0.15) is 0 Å². The molecule has 0 aliphatic rings. The number of hydrogen-bond acceptors (Lipinski definition) is 4. The Morgan fingerprint density at radius 2 is 1.48 bits per heavy atom. The Balaban J connectivity index is 2.02. The maximum atomic E-state index is 6.09. The first-order valence-electron chi connectivity index (χ1n) is 6.91. The van der Waals surface area contributed by atoms with Crippen molar-refractivity contribution in [2.75, 3.05) is 6.26 Å². The highest BCUT2D eigenvalue weighted by molar-refractivity contribution is 8.12. The van der Waals surface area contributed by atoms with Crippen LogP contribution in [-0.2, 0) is 0 Å². The Bertz CT molecular complexity index is 837. The molecule has 2 N–H and O–H groups in total. The lowest BCUT2D eigenvalue weighted by Crippen LogP contribution is -2.81. The minimum Gasteiger partial charge on any atom is -0.165 e. The van der Waals surface area contributed by atoms with Crippen LogP contribution in [0.4, 0.5) is 0 Å². The van der Waals surface area contributed by atoms with E-state index in [1.807, 2.05) is 6.26 Å². The number of nitrogens with two attached hydrogens (primary N) is 1. The predicted molar refractivity (Wildman–Crippen MR) is 111 cm³/mol. The third-order valence-corrected chi connectivity index (χ3v) is 4.62. The fraction of sp³-hybridized carbons (Fsp3) is 0.0625. The maximum absolute atomic E-state index is 6.09. The molecule has 0 aliphatic heterocycles. The van der Waals surface area contributed by atoms with Crippen LogP contribution in [0.2, 0.25) is 20.1 Å². The molecule has 0 unspecified atom stereocenters. The fourth-order valence-electron chi connectivity index (χ4n) is 1.66. The predicted octanol–water partition coefficient (Wildman–Crippen LogP) is 4.95. The molecule has 130 valence electrons. The largest absolute Gasteiger partial charge is 0.305 e. The van der Waals surface area contributed by atoms with Crippen LogP contribution >= 0.6 is 58.2 Å². The number of rotatable bonds is 4. The summed E-state index contributed by atoms with van der Waals surface area (Å²) < 4.78 is 0. The van der Waals surface area contributed by atoms with E-state index in [0.29, 0.717) is 25.3 Å². The van der Waals surface area contributed by atoms with Gasteiger partial charge in [-0.2, -0.15) is 10.5 Å². The van der Waals surface area contributed by atoms with Gasteiger partial charge in [0, 0.05) is 21.2 Å². The molecule has 0 saturated carbocycles. The van der Waals surface area contributed by atoms with Crippen molar-refractivity contribution in [1.29, 1.82) is 0 Å². The second-order valence-corrected chi connectivity index (χ2v) is 7.14. The number of amidine groups is 1. The van der Waals surface area contributed by atoms with Crippen molar-refractivity contribution in [3.63, 3.8) is 0 Å². The van der Waals surface area contributed by atoms with Gasteiger partial charge in [-0.1, -0.05) is 68.7 Å². The number of hydrogen-bond donors (Lipinski definition) is 1. The number of halogens is 4. The van der Waals surface area contributed by atoms with Crippen LogP contribution in [0.15, 0.2) is 51.7 Å². The molecule has 0 spiro atoms. The quantitative estimate of drug-likeness (QED) is 0.314. The number of nitrogens with zero attached hydrogens (tertiary/aromatic N) is 3. The summed E-state index contributed by atoms with van der Waals surface area (Å²) in [6, 6.07) is 10.4. The molecule has 0 saturated heterocycles. The fourth-order valence-corrected chi connectivity index (χ4v) is 2.87. The number of quaternary nitrogens is 1. The highest BCUT2D eigenvalue weighted by atomic mass is 35.5. The van der Waals surface area contributed by atoms with E-state index in [0.717, 1.165) is 11.1 Å². The van der Waals surface area contributed by atoms with Gasteiger partial charge in [0.2, 0.25) is 0 Å². The van der Waals surface area contributed by atoms with Crippen LogP contribution < -0.4 is 5.43 Å². The average Bonchev–Trinajstić information content (AvgIpc) is 2.57. The third-order valence-electron chi connectivity index (χ3n) is 2.89. The molecule has 25 heavy (non-hydrogen) atoms. The summed E-state index contributed by atoms with van der Waals surface area (Å²) in [5, 5.41) is 15.2. The second kappa shape index (κ2) is 10.2. The van der Waals surface area contributed by atoms with E-state index in [4.69, 9.17) is 46.4 Å². The molecule has 0 amide bonds. The first kappa shape index (κ1) is 20.2. The monoisotopic (exact) mass is 433 g/mol. The van der Waals surface area contributed by atoms with Crippen LogP contribution in [0, 0.1) is 0 Å². The summed E-state index contributed by atoms with van der Waals surface area (Å²) in [7, 11) is 0. The summed E-state index contributed by atoms with van der Waals surface area (Å²) in [5.41, 5.74) is 3.09. The lowest BCUT2D eigenvalue weighted by Gasteiger charge is -1.98. The van der Waals surface area contributed by atoms with E-state index in [1.54, 1.807) is 54.3 Å². The lowest BCUT2D eigenvalue weighted by molar-refractivity contribution is -0.539. The Hall–Kier alpha value is -1.08. The van der Waals surface area contributed by atoms with Crippen LogP contribution in [0.1, 0.15) is 11.1 Å². The second-order valence-electron chi connectivity index (χ2n) is 4.63. The summed E-state index contributed by atoms with van der Waals surface area (Å²) in [4.78, 5) is 0. The van der Waals surface area contributed by atoms with Gasteiger partial charge in [-0.3, -0.25) is 0 Å². The molecular formula is C16H13Cl4N4S+. The van der Waals surface area contributed by atoms with Gasteiger partial charge >= 0.3 is 5.17 Å². The van der Waals surface area contributed by atoms with Crippen molar-refractivity contribution >= 4 is 75.8 Å². The zero-order chi connectivity index (χ0) is 18.2. The van der Waals surface area contributed by atoms with E-state index >= 15 is 0 Å². The van der Waals surface area contributed by atoms with Crippen molar-refractivity contribution in [1.82, 2.24) is 0 Å².